The van der Waals surface area contributed by atoms with E-state index in [2.05, 4.69) is 33.4 Å². The first-order valence-corrected chi connectivity index (χ1v) is 9.96. The van der Waals surface area contributed by atoms with Crippen LogP contribution in [0.3, 0.4) is 0 Å². The summed E-state index contributed by atoms with van der Waals surface area (Å²) >= 11 is 1.34. The molecule has 2 aromatic rings. The van der Waals surface area contributed by atoms with Crippen LogP contribution in [-0.4, -0.2) is 53.3 Å². The lowest BCUT2D eigenvalue weighted by molar-refractivity contribution is -0.122. The highest BCUT2D eigenvalue weighted by molar-refractivity contribution is 7.15. The third-order valence-corrected chi connectivity index (χ3v) is 5.85. The molecule has 2 atom stereocenters. The number of morpholine rings is 1. The first-order chi connectivity index (χ1) is 13.0. The van der Waals surface area contributed by atoms with Gasteiger partial charge < -0.3 is 9.47 Å². The molecule has 1 aromatic heterocycles. The van der Waals surface area contributed by atoms with E-state index < -0.39 is 0 Å². The van der Waals surface area contributed by atoms with Crippen LogP contribution in [-0.2, 0) is 9.53 Å². The summed E-state index contributed by atoms with van der Waals surface area (Å²) in [5.74, 6) is 0.756. The molecule has 7 nitrogen and oxygen atoms in total. The number of benzene rings is 1. The van der Waals surface area contributed by atoms with Crippen molar-refractivity contribution in [2.45, 2.75) is 39.8 Å². The number of hydrogen-bond acceptors (Lipinski definition) is 7. The quantitative estimate of drug-likeness (QED) is 0.817. The summed E-state index contributed by atoms with van der Waals surface area (Å²) in [5, 5.41) is 12.4. The van der Waals surface area contributed by atoms with Crippen LogP contribution in [0.4, 0.5) is 5.13 Å². The van der Waals surface area contributed by atoms with E-state index in [0.717, 1.165) is 29.4 Å². The molecule has 1 saturated heterocycles. The Morgan fingerprint density at radius 3 is 2.74 bits per heavy atom. The number of carbonyl (C=O) groups is 1. The SMILES string of the molecule is Cc1cccc(O[C@@H](C)c2nnc(NC(=O)[C@@H](C)N3CCOCC3)s2)c1C. The van der Waals surface area contributed by atoms with Crippen molar-refractivity contribution in [2.75, 3.05) is 31.6 Å². The van der Waals surface area contributed by atoms with Gasteiger partial charge in [-0.2, -0.15) is 0 Å². The van der Waals surface area contributed by atoms with E-state index in [-0.39, 0.29) is 18.1 Å². The van der Waals surface area contributed by atoms with Crippen LogP contribution in [0.25, 0.3) is 0 Å². The van der Waals surface area contributed by atoms with Gasteiger partial charge in [-0.15, -0.1) is 10.2 Å². The van der Waals surface area contributed by atoms with E-state index >= 15 is 0 Å². The Bertz CT molecular complexity index is 789. The van der Waals surface area contributed by atoms with Crippen LogP contribution in [0.1, 0.15) is 36.1 Å². The molecule has 1 fully saturated rings. The molecule has 0 aliphatic carbocycles. The van der Waals surface area contributed by atoms with Gasteiger partial charge in [-0.25, -0.2) is 0 Å². The highest BCUT2D eigenvalue weighted by Gasteiger charge is 2.24. The number of ether oxygens (including phenoxy) is 2. The van der Waals surface area contributed by atoms with Gasteiger partial charge >= 0.3 is 0 Å². The summed E-state index contributed by atoms with van der Waals surface area (Å²) in [7, 11) is 0. The molecule has 2 heterocycles. The summed E-state index contributed by atoms with van der Waals surface area (Å²) in [6.45, 7) is 10.8. The molecule has 0 unspecified atom stereocenters. The highest BCUT2D eigenvalue weighted by Crippen LogP contribution is 2.29. The van der Waals surface area contributed by atoms with Gasteiger partial charge in [-0.05, 0) is 44.9 Å². The summed E-state index contributed by atoms with van der Waals surface area (Å²) in [6, 6.07) is 5.75. The lowest BCUT2D eigenvalue weighted by atomic mass is 10.1. The second kappa shape index (κ2) is 8.77. The number of nitrogens with one attached hydrogen (secondary N) is 1. The van der Waals surface area contributed by atoms with Gasteiger partial charge in [0.2, 0.25) is 11.0 Å². The summed E-state index contributed by atoms with van der Waals surface area (Å²) in [6.07, 6.45) is -0.245. The standard InChI is InChI=1S/C19H26N4O3S/c1-12-6-5-7-16(13(12)2)26-15(4)18-21-22-19(27-18)20-17(24)14(3)23-8-10-25-11-9-23/h5-7,14-15H,8-11H2,1-4H3,(H,20,22,24)/t14-,15+/m1/s1. The number of rotatable bonds is 6. The fraction of sp³-hybridized carbons (Fsp3) is 0.526. The zero-order valence-corrected chi connectivity index (χ0v) is 17.0. The molecule has 1 aliphatic heterocycles. The maximum absolute atomic E-state index is 12.5. The molecule has 1 amide bonds. The maximum atomic E-state index is 12.5. The van der Waals surface area contributed by atoms with E-state index in [9.17, 15) is 4.79 Å². The van der Waals surface area contributed by atoms with Crippen LogP contribution in [0.2, 0.25) is 0 Å². The van der Waals surface area contributed by atoms with Crippen molar-refractivity contribution in [1.29, 1.82) is 0 Å². The van der Waals surface area contributed by atoms with Crippen LogP contribution in [0, 0.1) is 13.8 Å². The fourth-order valence-corrected chi connectivity index (χ4v) is 3.61. The minimum atomic E-state index is -0.245. The highest BCUT2D eigenvalue weighted by atomic mass is 32.1. The zero-order chi connectivity index (χ0) is 19.4. The van der Waals surface area contributed by atoms with Crippen LogP contribution in [0.5, 0.6) is 5.75 Å². The summed E-state index contributed by atoms with van der Waals surface area (Å²) in [4.78, 5) is 14.6. The third kappa shape index (κ3) is 4.82. The number of hydrogen-bond donors (Lipinski definition) is 1. The van der Waals surface area contributed by atoms with Crippen LogP contribution >= 0.6 is 11.3 Å². The minimum absolute atomic E-state index is 0.0808. The molecule has 0 radical (unpaired) electrons. The number of carbonyl (C=O) groups excluding carboxylic acids is 1. The molecule has 0 bridgehead atoms. The number of aryl methyl sites for hydroxylation is 1. The van der Waals surface area contributed by atoms with Gasteiger partial charge in [-0.1, -0.05) is 23.5 Å². The number of aromatic nitrogens is 2. The molecule has 1 N–H and O–H groups in total. The third-order valence-electron chi connectivity index (χ3n) is 4.85. The molecular formula is C19H26N4O3S. The van der Waals surface area contributed by atoms with Crippen molar-refractivity contribution in [1.82, 2.24) is 15.1 Å². The molecule has 3 rings (SSSR count). The van der Waals surface area contributed by atoms with Gasteiger partial charge in [0.25, 0.3) is 0 Å². The van der Waals surface area contributed by atoms with E-state index in [1.54, 1.807) is 0 Å². The maximum Gasteiger partial charge on any atom is 0.243 e. The van der Waals surface area contributed by atoms with Gasteiger partial charge in [0.05, 0.1) is 19.3 Å². The van der Waals surface area contributed by atoms with Crippen molar-refractivity contribution in [3.63, 3.8) is 0 Å². The Hall–Kier alpha value is -2.03. The Morgan fingerprint density at radius 2 is 2.00 bits per heavy atom. The lowest BCUT2D eigenvalue weighted by Crippen LogP contribution is -2.47. The van der Waals surface area contributed by atoms with Crippen molar-refractivity contribution >= 4 is 22.4 Å². The number of amides is 1. The van der Waals surface area contributed by atoms with Gasteiger partial charge in [0, 0.05) is 13.1 Å². The van der Waals surface area contributed by atoms with Gasteiger partial charge in [0.15, 0.2) is 5.01 Å². The molecule has 27 heavy (non-hydrogen) atoms. The molecule has 8 heteroatoms. The van der Waals surface area contributed by atoms with Crippen LogP contribution in [0.15, 0.2) is 18.2 Å². The van der Waals surface area contributed by atoms with Crippen molar-refractivity contribution in [3.8, 4) is 5.75 Å². The predicted molar refractivity (Wildman–Crippen MR) is 105 cm³/mol. The first-order valence-electron chi connectivity index (χ1n) is 9.14. The average Bonchev–Trinajstić information content (AvgIpc) is 3.14. The van der Waals surface area contributed by atoms with E-state index in [0.29, 0.717) is 18.3 Å². The predicted octanol–water partition coefficient (Wildman–Crippen LogP) is 2.95. The Labute approximate surface area is 163 Å². The first kappa shape index (κ1) is 19.7. The average molecular weight is 391 g/mol. The Balaban J connectivity index is 1.60. The van der Waals surface area contributed by atoms with Crippen molar-refractivity contribution in [3.05, 3.63) is 34.3 Å². The summed E-state index contributed by atoms with van der Waals surface area (Å²) in [5.41, 5.74) is 2.30. The number of nitrogens with zero attached hydrogens (tertiary/aromatic N) is 3. The number of anilines is 1. The second-order valence-corrected chi connectivity index (χ2v) is 7.73. The lowest BCUT2D eigenvalue weighted by Gasteiger charge is -2.31. The van der Waals surface area contributed by atoms with Crippen molar-refractivity contribution in [2.24, 2.45) is 0 Å². The molecule has 1 aliphatic rings. The molecule has 1 aromatic carbocycles. The largest absolute Gasteiger partial charge is 0.483 e. The molecule has 0 saturated carbocycles. The smallest absolute Gasteiger partial charge is 0.243 e. The van der Waals surface area contributed by atoms with Crippen molar-refractivity contribution < 1.29 is 14.3 Å². The second-order valence-electron chi connectivity index (χ2n) is 6.72. The molecular weight excluding hydrogens is 364 g/mol. The van der Waals surface area contributed by atoms with E-state index in [4.69, 9.17) is 9.47 Å². The molecule has 146 valence electrons. The van der Waals surface area contributed by atoms with Crippen LogP contribution < -0.4 is 10.1 Å². The minimum Gasteiger partial charge on any atom is -0.483 e. The fourth-order valence-electron chi connectivity index (χ4n) is 2.88. The molecule has 0 spiro atoms. The summed E-state index contributed by atoms with van der Waals surface area (Å²) < 4.78 is 11.4. The van der Waals surface area contributed by atoms with E-state index in [1.165, 1.54) is 16.9 Å². The Kier molecular flexibility index (Phi) is 6.41. The topological polar surface area (TPSA) is 76.6 Å². The van der Waals surface area contributed by atoms with Gasteiger partial charge in [-0.3, -0.25) is 15.0 Å². The monoisotopic (exact) mass is 390 g/mol. The van der Waals surface area contributed by atoms with Gasteiger partial charge in [0.1, 0.15) is 11.9 Å². The normalized spacial score (nSPS) is 17.3. The Morgan fingerprint density at radius 1 is 1.26 bits per heavy atom. The zero-order valence-electron chi connectivity index (χ0n) is 16.2. The van der Waals surface area contributed by atoms with E-state index in [1.807, 2.05) is 32.9 Å².